The molecule has 1 aliphatic heterocycles. The van der Waals surface area contributed by atoms with Crippen LogP contribution in [0.2, 0.25) is 0 Å². The van der Waals surface area contributed by atoms with E-state index >= 15 is 0 Å². The van der Waals surface area contributed by atoms with Crippen LogP contribution in [0.5, 0.6) is 0 Å². The second-order valence-corrected chi connectivity index (χ2v) is 4.81. The number of nitrogens with zero attached hydrogens (tertiary/aromatic N) is 1. The number of nitrogens with one attached hydrogen (secondary N) is 1. The third-order valence-corrected chi connectivity index (χ3v) is 2.99. The van der Waals surface area contributed by atoms with Gasteiger partial charge in [-0.1, -0.05) is 20.3 Å². The van der Waals surface area contributed by atoms with Gasteiger partial charge in [-0.2, -0.15) is 0 Å². The van der Waals surface area contributed by atoms with Crippen molar-refractivity contribution in [3.63, 3.8) is 0 Å². The molecule has 3 heteroatoms. The predicted octanol–water partition coefficient (Wildman–Crippen LogP) is 1.34. The molecule has 1 N–H and O–H groups in total. The fourth-order valence-electron chi connectivity index (χ4n) is 2.08. The molecule has 0 aromatic heterocycles. The minimum Gasteiger partial charge on any atom is -0.374 e. The normalized spacial score (nSPS) is 25.4. The van der Waals surface area contributed by atoms with E-state index in [0.717, 1.165) is 38.7 Å². The molecule has 90 valence electrons. The van der Waals surface area contributed by atoms with Crippen LogP contribution in [0.25, 0.3) is 0 Å². The van der Waals surface area contributed by atoms with Crippen molar-refractivity contribution in [2.75, 3.05) is 39.8 Å². The Labute approximate surface area is 94.2 Å². The molecule has 0 aromatic carbocycles. The zero-order valence-corrected chi connectivity index (χ0v) is 10.5. The van der Waals surface area contributed by atoms with Gasteiger partial charge in [0.05, 0.1) is 12.7 Å². The molecule has 1 saturated heterocycles. The molecular formula is C12H26N2O. The summed E-state index contributed by atoms with van der Waals surface area (Å²) in [6.45, 7) is 9.70. The van der Waals surface area contributed by atoms with Gasteiger partial charge in [0, 0.05) is 19.6 Å². The van der Waals surface area contributed by atoms with E-state index in [-0.39, 0.29) is 0 Å². The molecule has 3 nitrogen and oxygen atoms in total. The highest BCUT2D eigenvalue weighted by atomic mass is 16.5. The molecule has 0 amide bonds. The Hall–Kier alpha value is -0.120. The van der Waals surface area contributed by atoms with E-state index in [1.54, 1.807) is 0 Å². The van der Waals surface area contributed by atoms with Crippen molar-refractivity contribution in [2.24, 2.45) is 5.92 Å². The fraction of sp³-hybridized carbons (Fsp3) is 1.00. The molecule has 0 aliphatic carbocycles. The van der Waals surface area contributed by atoms with Gasteiger partial charge in [-0.3, -0.25) is 0 Å². The van der Waals surface area contributed by atoms with Crippen LogP contribution in [0.3, 0.4) is 0 Å². The number of hydrogen-bond acceptors (Lipinski definition) is 3. The zero-order chi connectivity index (χ0) is 11.1. The molecule has 0 saturated carbocycles. The molecule has 0 unspecified atom stereocenters. The third-order valence-electron chi connectivity index (χ3n) is 2.99. The van der Waals surface area contributed by atoms with Crippen LogP contribution in [0.4, 0.5) is 0 Å². The Morgan fingerprint density at radius 3 is 3.00 bits per heavy atom. The van der Waals surface area contributed by atoms with Crippen LogP contribution < -0.4 is 5.32 Å². The second kappa shape index (κ2) is 7.20. The number of ether oxygens (including phenoxy) is 1. The first-order valence-corrected chi connectivity index (χ1v) is 6.23. The molecule has 0 radical (unpaired) electrons. The minimum absolute atomic E-state index is 0.387. The summed E-state index contributed by atoms with van der Waals surface area (Å²) in [5, 5.41) is 3.51. The number of rotatable bonds is 6. The topological polar surface area (TPSA) is 24.5 Å². The largest absolute Gasteiger partial charge is 0.374 e. The van der Waals surface area contributed by atoms with Crippen LogP contribution in [0.1, 0.15) is 26.7 Å². The van der Waals surface area contributed by atoms with Crippen LogP contribution in [-0.4, -0.2) is 50.8 Å². The summed E-state index contributed by atoms with van der Waals surface area (Å²) in [6, 6.07) is 0. The van der Waals surface area contributed by atoms with Gasteiger partial charge in [-0.25, -0.2) is 0 Å². The van der Waals surface area contributed by atoms with E-state index in [1.165, 1.54) is 12.8 Å². The van der Waals surface area contributed by atoms with Crippen molar-refractivity contribution < 1.29 is 4.74 Å². The molecule has 1 rings (SSSR count). The molecule has 0 aromatic rings. The monoisotopic (exact) mass is 214 g/mol. The predicted molar refractivity (Wildman–Crippen MR) is 64.2 cm³/mol. The maximum Gasteiger partial charge on any atom is 0.0826 e. The minimum atomic E-state index is 0.387. The van der Waals surface area contributed by atoms with Crippen LogP contribution in [0.15, 0.2) is 0 Å². The quantitative estimate of drug-likeness (QED) is 0.722. The van der Waals surface area contributed by atoms with E-state index in [1.807, 2.05) is 0 Å². The van der Waals surface area contributed by atoms with Crippen molar-refractivity contribution in [1.29, 1.82) is 0 Å². The molecule has 15 heavy (non-hydrogen) atoms. The Morgan fingerprint density at radius 1 is 1.53 bits per heavy atom. The van der Waals surface area contributed by atoms with Gasteiger partial charge in [-0.15, -0.1) is 0 Å². The maximum absolute atomic E-state index is 5.69. The Bertz CT molecular complexity index is 164. The Balaban J connectivity index is 2.03. The van der Waals surface area contributed by atoms with Gasteiger partial charge >= 0.3 is 0 Å². The Kier molecular flexibility index (Phi) is 6.22. The average molecular weight is 214 g/mol. The summed E-state index contributed by atoms with van der Waals surface area (Å²) in [7, 11) is 2.16. The SMILES string of the molecule is CCC[C@H](C)CNC[C@@H]1CN(C)CCO1. The standard InChI is InChI=1S/C12H26N2O/c1-4-5-11(2)8-13-9-12-10-14(3)6-7-15-12/h11-13H,4-10H2,1-3H3/t11-,12+/m0/s1. The van der Waals surface area contributed by atoms with Crippen LogP contribution in [0, 0.1) is 5.92 Å². The number of likely N-dealkylation sites (N-methyl/N-ethyl adjacent to an activating group) is 1. The lowest BCUT2D eigenvalue weighted by atomic mass is 10.1. The first-order valence-electron chi connectivity index (χ1n) is 6.23. The van der Waals surface area contributed by atoms with E-state index in [0.29, 0.717) is 6.10 Å². The van der Waals surface area contributed by atoms with Gasteiger partial charge in [-0.05, 0) is 25.9 Å². The van der Waals surface area contributed by atoms with E-state index in [4.69, 9.17) is 4.74 Å². The highest BCUT2D eigenvalue weighted by molar-refractivity contribution is 4.71. The molecule has 0 bridgehead atoms. The van der Waals surface area contributed by atoms with Crippen molar-refractivity contribution in [3.05, 3.63) is 0 Å². The van der Waals surface area contributed by atoms with Gasteiger partial charge in [0.15, 0.2) is 0 Å². The first kappa shape index (κ1) is 12.9. The summed E-state index contributed by atoms with van der Waals surface area (Å²) < 4.78 is 5.69. The summed E-state index contributed by atoms with van der Waals surface area (Å²) in [6.07, 6.45) is 2.99. The molecule has 0 spiro atoms. The van der Waals surface area contributed by atoms with E-state index < -0.39 is 0 Å². The highest BCUT2D eigenvalue weighted by Gasteiger charge is 2.16. The van der Waals surface area contributed by atoms with Crippen molar-refractivity contribution in [3.8, 4) is 0 Å². The molecule has 1 fully saturated rings. The van der Waals surface area contributed by atoms with E-state index in [9.17, 15) is 0 Å². The smallest absolute Gasteiger partial charge is 0.0826 e. The maximum atomic E-state index is 5.69. The first-order chi connectivity index (χ1) is 7.22. The summed E-state index contributed by atoms with van der Waals surface area (Å²) in [5.41, 5.74) is 0. The molecular weight excluding hydrogens is 188 g/mol. The fourth-order valence-corrected chi connectivity index (χ4v) is 2.08. The average Bonchev–Trinajstić information content (AvgIpc) is 2.18. The number of hydrogen-bond donors (Lipinski definition) is 1. The summed E-state index contributed by atoms with van der Waals surface area (Å²) in [4.78, 5) is 2.34. The van der Waals surface area contributed by atoms with Gasteiger partial charge in [0.2, 0.25) is 0 Å². The van der Waals surface area contributed by atoms with Crippen LogP contribution in [-0.2, 0) is 4.74 Å². The van der Waals surface area contributed by atoms with Crippen molar-refractivity contribution in [1.82, 2.24) is 10.2 Å². The highest BCUT2D eigenvalue weighted by Crippen LogP contribution is 2.04. The molecule has 2 atom stereocenters. The Morgan fingerprint density at radius 2 is 2.33 bits per heavy atom. The lowest BCUT2D eigenvalue weighted by molar-refractivity contribution is -0.0183. The molecule has 1 aliphatic rings. The second-order valence-electron chi connectivity index (χ2n) is 4.81. The van der Waals surface area contributed by atoms with E-state index in [2.05, 4.69) is 31.1 Å². The molecule has 1 heterocycles. The summed E-state index contributed by atoms with van der Waals surface area (Å²) >= 11 is 0. The zero-order valence-electron chi connectivity index (χ0n) is 10.5. The van der Waals surface area contributed by atoms with Crippen LogP contribution >= 0.6 is 0 Å². The lowest BCUT2D eigenvalue weighted by Crippen LogP contribution is -2.45. The van der Waals surface area contributed by atoms with Gasteiger partial charge < -0.3 is 15.0 Å². The number of morpholine rings is 1. The van der Waals surface area contributed by atoms with Crippen molar-refractivity contribution >= 4 is 0 Å². The van der Waals surface area contributed by atoms with Gasteiger partial charge in [0.25, 0.3) is 0 Å². The lowest BCUT2D eigenvalue weighted by Gasteiger charge is -2.30. The van der Waals surface area contributed by atoms with Crippen molar-refractivity contribution in [2.45, 2.75) is 32.8 Å². The van der Waals surface area contributed by atoms with Gasteiger partial charge in [0.1, 0.15) is 0 Å². The third kappa shape index (κ3) is 5.50. The summed E-state index contributed by atoms with van der Waals surface area (Å²) in [5.74, 6) is 0.788.